The number of carbonyl (C=O) groups is 3. The number of hydrogen-bond acceptors (Lipinski definition) is 5. The summed E-state index contributed by atoms with van der Waals surface area (Å²) in [5.41, 5.74) is 0.0463. The maximum Gasteiger partial charge on any atom is 0.293 e. The second kappa shape index (κ2) is 9.35. The largest absolute Gasteiger partial charge is 0.508 e. The Hall–Kier alpha value is -2.17. The van der Waals surface area contributed by atoms with Crippen LogP contribution in [0.4, 0.5) is 0 Å². The number of benzene rings is 1. The zero-order valence-electron chi connectivity index (χ0n) is 16.4. The molecule has 1 aromatic rings. The van der Waals surface area contributed by atoms with E-state index in [1.807, 2.05) is 12.1 Å². The van der Waals surface area contributed by atoms with Gasteiger partial charge in [-0.2, -0.15) is 0 Å². The summed E-state index contributed by atoms with van der Waals surface area (Å²) >= 11 is 0. The van der Waals surface area contributed by atoms with E-state index < -0.39 is 5.41 Å². The molecule has 0 aromatic heterocycles. The maximum absolute atomic E-state index is 13.1. The fraction of sp³-hybridized carbons (Fsp3) is 0.609. The van der Waals surface area contributed by atoms with E-state index >= 15 is 0 Å². The molecule has 0 atom stereocenters. The second-order valence-corrected chi connectivity index (χ2v) is 8.40. The molecule has 0 heterocycles. The van der Waals surface area contributed by atoms with Crippen LogP contribution in [-0.2, 0) is 25.5 Å². The van der Waals surface area contributed by atoms with Gasteiger partial charge in [0.05, 0.1) is 5.41 Å². The fourth-order valence-corrected chi connectivity index (χ4v) is 4.93. The van der Waals surface area contributed by atoms with E-state index in [0.717, 1.165) is 31.2 Å². The molecule has 0 saturated heterocycles. The van der Waals surface area contributed by atoms with Crippen molar-refractivity contribution in [3.8, 4) is 5.75 Å². The van der Waals surface area contributed by atoms with Crippen molar-refractivity contribution >= 4 is 18.0 Å². The number of Topliss-reactive ketones (excluding diaryl/α,β-unsaturated/α-hetero) is 2. The average Bonchev–Trinajstić information content (AvgIpc) is 3.26. The highest BCUT2D eigenvalue weighted by Gasteiger charge is 2.44. The van der Waals surface area contributed by atoms with Gasteiger partial charge in [0, 0.05) is 18.3 Å². The third-order valence-electron chi connectivity index (χ3n) is 6.73. The smallest absolute Gasteiger partial charge is 0.293 e. The molecule has 0 unspecified atom stereocenters. The summed E-state index contributed by atoms with van der Waals surface area (Å²) in [7, 11) is 0. The number of rotatable bonds is 9. The van der Waals surface area contributed by atoms with E-state index in [9.17, 15) is 19.5 Å². The molecule has 2 aliphatic carbocycles. The lowest BCUT2D eigenvalue weighted by atomic mass is 9.66. The molecule has 5 nitrogen and oxygen atoms in total. The van der Waals surface area contributed by atoms with Crippen LogP contribution in [0.3, 0.4) is 0 Å². The van der Waals surface area contributed by atoms with E-state index in [2.05, 4.69) is 0 Å². The fourth-order valence-electron chi connectivity index (χ4n) is 4.93. The van der Waals surface area contributed by atoms with E-state index in [1.165, 1.54) is 0 Å². The molecule has 0 bridgehead atoms. The Kier molecular flexibility index (Phi) is 6.87. The number of ketones is 2. The van der Waals surface area contributed by atoms with Gasteiger partial charge in [0.2, 0.25) is 0 Å². The molecule has 5 heteroatoms. The van der Waals surface area contributed by atoms with Gasteiger partial charge in [-0.25, -0.2) is 0 Å². The lowest BCUT2D eigenvalue weighted by Gasteiger charge is -2.38. The van der Waals surface area contributed by atoms with Crippen LogP contribution >= 0.6 is 0 Å². The summed E-state index contributed by atoms with van der Waals surface area (Å²) in [4.78, 5) is 36.6. The van der Waals surface area contributed by atoms with Gasteiger partial charge in [-0.1, -0.05) is 31.0 Å². The van der Waals surface area contributed by atoms with Gasteiger partial charge in [0.25, 0.3) is 6.47 Å². The van der Waals surface area contributed by atoms with Gasteiger partial charge in [-0.05, 0) is 56.6 Å². The van der Waals surface area contributed by atoms with Crippen LogP contribution in [0.1, 0.15) is 63.4 Å². The van der Waals surface area contributed by atoms with Gasteiger partial charge < -0.3 is 9.84 Å². The molecule has 3 rings (SSSR count). The summed E-state index contributed by atoms with van der Waals surface area (Å²) in [6.45, 7) is 0.480. The van der Waals surface area contributed by atoms with Gasteiger partial charge in [-0.3, -0.25) is 14.4 Å². The first-order chi connectivity index (χ1) is 13.6. The molecule has 2 saturated carbocycles. The van der Waals surface area contributed by atoms with Gasteiger partial charge in [-0.15, -0.1) is 0 Å². The first-order valence-electron chi connectivity index (χ1n) is 10.4. The number of ether oxygens (including phenoxy) is 1. The average molecular weight is 386 g/mol. The predicted octanol–water partition coefficient (Wildman–Crippen LogP) is 4.00. The van der Waals surface area contributed by atoms with E-state index in [1.54, 1.807) is 12.1 Å². The van der Waals surface area contributed by atoms with Crippen molar-refractivity contribution in [1.82, 2.24) is 0 Å². The van der Waals surface area contributed by atoms with Crippen molar-refractivity contribution < 1.29 is 24.2 Å². The number of carbonyl (C=O) groups excluding carboxylic acids is 3. The van der Waals surface area contributed by atoms with E-state index in [-0.39, 0.29) is 30.0 Å². The van der Waals surface area contributed by atoms with E-state index in [0.29, 0.717) is 50.8 Å². The van der Waals surface area contributed by atoms with Gasteiger partial charge in [0.1, 0.15) is 23.9 Å². The predicted molar refractivity (Wildman–Crippen MR) is 105 cm³/mol. The van der Waals surface area contributed by atoms with Crippen LogP contribution in [0.25, 0.3) is 0 Å². The SMILES string of the molecule is O=COCC1(C(=O)CCc2ccccc2O)CCC(C(=O)C2CCCC2)CC1. The van der Waals surface area contributed by atoms with Crippen LogP contribution in [-0.4, -0.2) is 29.8 Å². The zero-order valence-corrected chi connectivity index (χ0v) is 16.4. The van der Waals surface area contributed by atoms with Crippen molar-refractivity contribution in [3.05, 3.63) is 29.8 Å². The summed E-state index contributed by atoms with van der Waals surface area (Å²) < 4.78 is 5.03. The maximum atomic E-state index is 13.1. The third-order valence-corrected chi connectivity index (χ3v) is 6.73. The molecule has 0 radical (unpaired) electrons. The Labute approximate surface area is 166 Å². The van der Waals surface area contributed by atoms with Crippen molar-refractivity contribution in [2.45, 2.75) is 64.2 Å². The van der Waals surface area contributed by atoms with E-state index in [4.69, 9.17) is 4.74 Å². The highest BCUT2D eigenvalue weighted by molar-refractivity contribution is 5.87. The van der Waals surface area contributed by atoms with Crippen molar-refractivity contribution in [1.29, 1.82) is 0 Å². The monoisotopic (exact) mass is 386 g/mol. The summed E-state index contributed by atoms with van der Waals surface area (Å²) in [5, 5.41) is 9.92. The molecule has 1 aromatic carbocycles. The number of hydrogen-bond donors (Lipinski definition) is 1. The van der Waals surface area contributed by atoms with Crippen LogP contribution in [0.5, 0.6) is 5.75 Å². The summed E-state index contributed by atoms with van der Waals surface area (Å²) in [6.07, 6.45) is 7.62. The highest BCUT2D eigenvalue weighted by atomic mass is 16.5. The summed E-state index contributed by atoms with van der Waals surface area (Å²) in [6, 6.07) is 7.02. The first kappa shape index (κ1) is 20.6. The Morgan fingerprint density at radius 3 is 2.36 bits per heavy atom. The number of aromatic hydroxyl groups is 1. The molecule has 0 aliphatic heterocycles. The standard InChI is InChI=1S/C23H30O5/c24-16-28-15-23(21(26)10-9-17-5-3-4-8-20(17)25)13-11-19(12-14-23)22(27)18-6-1-2-7-18/h3-5,8,16,18-19,25H,1-2,6-7,9-15H2. The van der Waals surface area contributed by atoms with Crippen molar-refractivity contribution in [2.24, 2.45) is 17.3 Å². The van der Waals surface area contributed by atoms with Crippen LogP contribution in [0.2, 0.25) is 0 Å². The Bertz CT molecular complexity index is 697. The number of aryl methyl sites for hydroxylation is 1. The molecule has 2 fully saturated rings. The molecule has 2 aliphatic rings. The quantitative estimate of drug-likeness (QED) is 0.649. The number of phenols is 1. The molecular weight excluding hydrogens is 356 g/mol. The van der Waals surface area contributed by atoms with Crippen LogP contribution in [0, 0.1) is 17.3 Å². The lowest BCUT2D eigenvalue weighted by molar-refractivity contribution is -0.144. The highest BCUT2D eigenvalue weighted by Crippen LogP contribution is 2.43. The van der Waals surface area contributed by atoms with Crippen molar-refractivity contribution in [2.75, 3.05) is 6.61 Å². The van der Waals surface area contributed by atoms with Crippen LogP contribution in [0.15, 0.2) is 24.3 Å². The molecule has 0 spiro atoms. The molecule has 28 heavy (non-hydrogen) atoms. The normalized spacial score (nSPS) is 25.4. The van der Waals surface area contributed by atoms with Gasteiger partial charge >= 0.3 is 0 Å². The van der Waals surface area contributed by atoms with Gasteiger partial charge in [0.15, 0.2) is 0 Å². The third kappa shape index (κ3) is 4.62. The number of para-hydroxylation sites is 1. The minimum absolute atomic E-state index is 0.0402. The Morgan fingerprint density at radius 1 is 1.07 bits per heavy atom. The van der Waals surface area contributed by atoms with Crippen LogP contribution < -0.4 is 0 Å². The molecule has 0 amide bonds. The molecular formula is C23H30O5. The molecule has 1 N–H and O–H groups in total. The minimum atomic E-state index is -0.697. The summed E-state index contributed by atoms with van der Waals surface area (Å²) in [5.74, 6) is 0.881. The Balaban J connectivity index is 1.62. The second-order valence-electron chi connectivity index (χ2n) is 8.40. The zero-order chi connectivity index (χ0) is 20.0. The lowest BCUT2D eigenvalue weighted by Crippen LogP contribution is -2.41. The van der Waals surface area contributed by atoms with Crippen molar-refractivity contribution in [3.63, 3.8) is 0 Å². The Morgan fingerprint density at radius 2 is 1.71 bits per heavy atom. The minimum Gasteiger partial charge on any atom is -0.508 e. The molecule has 152 valence electrons. The first-order valence-corrected chi connectivity index (χ1v) is 10.4. The number of phenolic OH excluding ortho intramolecular Hbond substituents is 1. The topological polar surface area (TPSA) is 80.7 Å².